The van der Waals surface area contributed by atoms with E-state index in [1.165, 1.54) is 7.11 Å². The van der Waals surface area contributed by atoms with Crippen LogP contribution in [0.2, 0.25) is 0 Å². The molecule has 64 valence electrons. The molecule has 0 radical (unpaired) electrons. The van der Waals surface area contributed by atoms with Gasteiger partial charge in [-0.05, 0) is 11.8 Å². The number of hydrogen-bond acceptors (Lipinski definition) is 4. The fourth-order valence-corrected chi connectivity index (χ4v) is 0.656. The molecule has 4 nitrogen and oxygen atoms in total. The predicted molar refractivity (Wildman–Crippen MR) is 40.1 cm³/mol. The summed E-state index contributed by atoms with van der Waals surface area (Å²) in [4.78, 5) is 23.4. The normalized spacial score (nSPS) is 9.27. The SMILES string of the molecule is COC(=O)CCC(=O)CNCl. The monoisotopic (exact) mass is 179 g/mol. The van der Waals surface area contributed by atoms with Gasteiger partial charge in [0.25, 0.3) is 0 Å². The summed E-state index contributed by atoms with van der Waals surface area (Å²) >= 11 is 5.06. The molecule has 0 aromatic carbocycles. The largest absolute Gasteiger partial charge is 0.469 e. The summed E-state index contributed by atoms with van der Waals surface area (Å²) in [5, 5.41) is 0. The molecule has 0 atom stereocenters. The number of hydrogen-bond donors (Lipinski definition) is 1. The van der Waals surface area contributed by atoms with Crippen LogP contribution in [0.4, 0.5) is 0 Å². The van der Waals surface area contributed by atoms with Crippen LogP contribution >= 0.6 is 11.8 Å². The Hall–Kier alpha value is -0.610. The van der Waals surface area contributed by atoms with Crippen molar-refractivity contribution in [2.45, 2.75) is 12.8 Å². The summed E-state index contributed by atoms with van der Waals surface area (Å²) in [5.74, 6) is -0.488. The van der Waals surface area contributed by atoms with E-state index in [4.69, 9.17) is 11.8 Å². The van der Waals surface area contributed by atoms with Gasteiger partial charge in [0.15, 0.2) is 0 Å². The van der Waals surface area contributed by atoms with E-state index < -0.39 is 0 Å². The lowest BCUT2D eigenvalue weighted by atomic mass is 10.2. The Labute approximate surface area is 70.0 Å². The summed E-state index contributed by atoms with van der Waals surface area (Å²) < 4.78 is 4.33. The molecule has 0 aliphatic carbocycles. The summed E-state index contributed by atoms with van der Waals surface area (Å²) in [6.45, 7) is 0.0819. The second kappa shape index (κ2) is 6.12. The molecule has 0 aromatic rings. The summed E-state index contributed by atoms with van der Waals surface area (Å²) in [6.07, 6.45) is 0.292. The first-order valence-electron chi connectivity index (χ1n) is 3.12. The van der Waals surface area contributed by atoms with Crippen molar-refractivity contribution in [2.75, 3.05) is 13.7 Å². The van der Waals surface area contributed by atoms with Crippen LogP contribution in [0.5, 0.6) is 0 Å². The minimum atomic E-state index is -0.382. The fraction of sp³-hybridized carbons (Fsp3) is 0.667. The standard InChI is InChI=1S/C6H10ClNO3/c1-11-6(10)3-2-5(9)4-8-7/h8H,2-4H2,1H3. The van der Waals surface area contributed by atoms with Crippen molar-refractivity contribution in [1.29, 1.82) is 0 Å². The molecule has 0 unspecified atom stereocenters. The van der Waals surface area contributed by atoms with Crippen LogP contribution in [-0.4, -0.2) is 25.4 Å². The third-order valence-corrected chi connectivity index (χ3v) is 1.23. The van der Waals surface area contributed by atoms with E-state index in [1.54, 1.807) is 0 Å². The Kier molecular flexibility index (Phi) is 5.78. The average molecular weight is 180 g/mol. The van der Waals surface area contributed by atoms with Crippen LogP contribution in [0, 0.1) is 0 Å². The number of ketones is 1. The highest BCUT2D eigenvalue weighted by molar-refractivity contribution is 6.14. The number of carbonyl (C=O) groups excluding carboxylic acids is 2. The van der Waals surface area contributed by atoms with Crippen molar-refractivity contribution in [3.63, 3.8) is 0 Å². The topological polar surface area (TPSA) is 55.4 Å². The number of rotatable bonds is 5. The molecule has 5 heteroatoms. The second-order valence-electron chi connectivity index (χ2n) is 1.93. The van der Waals surface area contributed by atoms with E-state index >= 15 is 0 Å². The van der Waals surface area contributed by atoms with Gasteiger partial charge in [-0.15, -0.1) is 0 Å². The summed E-state index contributed by atoms with van der Waals surface area (Å²) in [6, 6.07) is 0. The maximum atomic E-state index is 10.7. The Morgan fingerprint density at radius 2 is 2.09 bits per heavy atom. The van der Waals surface area contributed by atoms with E-state index in [1.807, 2.05) is 0 Å². The number of halogens is 1. The highest BCUT2D eigenvalue weighted by Gasteiger charge is 2.05. The number of esters is 1. The van der Waals surface area contributed by atoms with E-state index in [0.29, 0.717) is 0 Å². The van der Waals surface area contributed by atoms with Crippen LogP contribution in [-0.2, 0) is 14.3 Å². The molecule has 1 N–H and O–H groups in total. The Bertz CT molecular complexity index is 149. The molecule has 0 saturated heterocycles. The molecule has 0 saturated carbocycles. The number of ether oxygens (including phenoxy) is 1. The van der Waals surface area contributed by atoms with Crippen molar-refractivity contribution in [3.8, 4) is 0 Å². The van der Waals surface area contributed by atoms with Crippen LogP contribution in [0.15, 0.2) is 0 Å². The molecular weight excluding hydrogens is 170 g/mol. The van der Waals surface area contributed by atoms with Gasteiger partial charge in [0.2, 0.25) is 0 Å². The number of Topliss-reactive ketones (excluding diaryl/α,β-unsaturated/α-hetero) is 1. The van der Waals surface area contributed by atoms with E-state index in [9.17, 15) is 9.59 Å². The average Bonchev–Trinajstić information content (AvgIpc) is 2.01. The van der Waals surface area contributed by atoms with Gasteiger partial charge >= 0.3 is 5.97 Å². The first-order valence-corrected chi connectivity index (χ1v) is 3.50. The van der Waals surface area contributed by atoms with Gasteiger partial charge in [0.1, 0.15) is 5.78 Å². The molecule has 0 aromatic heterocycles. The second-order valence-corrected chi connectivity index (χ2v) is 2.19. The molecule has 0 fully saturated rings. The van der Waals surface area contributed by atoms with Crippen LogP contribution in [0.25, 0.3) is 0 Å². The quantitative estimate of drug-likeness (QED) is 0.486. The number of nitrogens with one attached hydrogen (secondary N) is 1. The Morgan fingerprint density at radius 1 is 1.45 bits per heavy atom. The van der Waals surface area contributed by atoms with Crippen LogP contribution in [0.3, 0.4) is 0 Å². The van der Waals surface area contributed by atoms with Crippen molar-refractivity contribution in [3.05, 3.63) is 0 Å². The van der Waals surface area contributed by atoms with Gasteiger partial charge in [-0.25, -0.2) is 4.84 Å². The van der Waals surface area contributed by atoms with Crippen LogP contribution < -0.4 is 4.84 Å². The number of carbonyl (C=O) groups is 2. The molecule has 0 aliphatic rings. The molecule has 0 rings (SSSR count). The predicted octanol–water partition coefficient (Wildman–Crippen LogP) is 0.252. The highest BCUT2D eigenvalue weighted by Crippen LogP contribution is 1.92. The minimum Gasteiger partial charge on any atom is -0.469 e. The third-order valence-electron chi connectivity index (χ3n) is 1.10. The molecular formula is C6H10ClNO3. The van der Waals surface area contributed by atoms with E-state index in [2.05, 4.69) is 9.57 Å². The lowest BCUT2D eigenvalue weighted by Crippen LogP contribution is -2.15. The summed E-state index contributed by atoms with van der Waals surface area (Å²) in [5.41, 5.74) is 0. The van der Waals surface area contributed by atoms with Gasteiger partial charge in [-0.1, -0.05) is 0 Å². The zero-order chi connectivity index (χ0) is 8.69. The maximum Gasteiger partial charge on any atom is 0.305 e. The maximum absolute atomic E-state index is 10.7. The smallest absolute Gasteiger partial charge is 0.305 e. The fourth-order valence-electron chi connectivity index (χ4n) is 0.506. The zero-order valence-corrected chi connectivity index (χ0v) is 6.98. The summed E-state index contributed by atoms with van der Waals surface area (Å²) in [7, 11) is 1.28. The molecule has 0 aliphatic heterocycles. The lowest BCUT2D eigenvalue weighted by molar-refractivity contribution is -0.141. The molecule has 0 spiro atoms. The van der Waals surface area contributed by atoms with E-state index in [-0.39, 0.29) is 31.1 Å². The van der Waals surface area contributed by atoms with Crippen molar-refractivity contribution >= 4 is 23.5 Å². The van der Waals surface area contributed by atoms with Crippen LogP contribution in [0.1, 0.15) is 12.8 Å². The van der Waals surface area contributed by atoms with Crippen molar-refractivity contribution in [2.24, 2.45) is 0 Å². The zero-order valence-electron chi connectivity index (χ0n) is 6.22. The minimum absolute atomic E-state index is 0.0819. The van der Waals surface area contributed by atoms with E-state index in [0.717, 1.165) is 0 Å². The molecule has 0 heterocycles. The number of methoxy groups -OCH3 is 1. The highest BCUT2D eigenvalue weighted by atomic mass is 35.5. The van der Waals surface area contributed by atoms with Gasteiger partial charge in [-0.2, -0.15) is 0 Å². The van der Waals surface area contributed by atoms with Gasteiger partial charge in [0, 0.05) is 6.42 Å². The first kappa shape index (κ1) is 10.4. The third kappa shape index (κ3) is 5.82. The first-order chi connectivity index (χ1) is 5.20. The Balaban J connectivity index is 3.38. The van der Waals surface area contributed by atoms with Crippen molar-refractivity contribution < 1.29 is 14.3 Å². The Morgan fingerprint density at radius 3 is 2.55 bits per heavy atom. The molecule has 0 amide bonds. The van der Waals surface area contributed by atoms with Gasteiger partial charge in [0.05, 0.1) is 20.1 Å². The lowest BCUT2D eigenvalue weighted by Gasteiger charge is -1.97. The van der Waals surface area contributed by atoms with Gasteiger partial charge < -0.3 is 4.74 Å². The molecule has 0 bridgehead atoms. The van der Waals surface area contributed by atoms with Gasteiger partial charge in [-0.3, -0.25) is 9.59 Å². The molecule has 11 heavy (non-hydrogen) atoms. The van der Waals surface area contributed by atoms with Crippen molar-refractivity contribution in [1.82, 2.24) is 4.84 Å².